The first kappa shape index (κ1) is 39.3. The lowest BCUT2D eigenvalue weighted by atomic mass is 9.78. The van der Waals surface area contributed by atoms with Gasteiger partial charge >= 0.3 is 6.18 Å². The Hall–Kier alpha value is -3.09. The first-order valence-electron chi connectivity index (χ1n) is 17.2. The highest BCUT2D eigenvalue weighted by molar-refractivity contribution is 5.51. The number of amides is 1. The van der Waals surface area contributed by atoms with Crippen LogP contribution in [0.3, 0.4) is 0 Å². The van der Waals surface area contributed by atoms with Gasteiger partial charge in [-0.15, -0.1) is 0 Å². The Balaban J connectivity index is 0.000000803. The van der Waals surface area contributed by atoms with Crippen LogP contribution >= 0.6 is 0 Å². The minimum Gasteiger partial charge on any atom is -0.496 e. The molecule has 270 valence electrons. The molecular weight excluding hydrogens is 628 g/mol. The number of hydrogen-bond acceptors (Lipinski definition) is 7. The predicted octanol–water partition coefficient (Wildman–Crippen LogP) is 5.65. The molecule has 3 aliphatic rings. The fourth-order valence-electron chi connectivity index (χ4n) is 6.58. The molecule has 0 radical (unpaired) electrons. The molecule has 3 fully saturated rings. The molecule has 0 spiro atoms. The van der Waals surface area contributed by atoms with Gasteiger partial charge in [0.05, 0.1) is 13.0 Å². The Morgan fingerprint density at radius 3 is 2.27 bits per heavy atom. The van der Waals surface area contributed by atoms with Gasteiger partial charge in [-0.25, -0.2) is 4.39 Å². The smallest absolute Gasteiger partial charge is 0.391 e. The summed E-state index contributed by atoms with van der Waals surface area (Å²) in [6.45, 7) is 6.19. The van der Waals surface area contributed by atoms with E-state index >= 15 is 0 Å². The number of nitrogens with one attached hydrogen (secondary N) is 3. The summed E-state index contributed by atoms with van der Waals surface area (Å²) < 4.78 is 65.7. The zero-order valence-electron chi connectivity index (χ0n) is 28.4. The van der Waals surface area contributed by atoms with E-state index in [-0.39, 0.29) is 30.7 Å². The highest BCUT2D eigenvalue weighted by Gasteiger charge is 2.41. The third-order valence-electron chi connectivity index (χ3n) is 9.21. The quantitative estimate of drug-likeness (QED) is 0.123. The summed E-state index contributed by atoms with van der Waals surface area (Å²) in [5.41, 5.74) is 2.86. The van der Waals surface area contributed by atoms with Gasteiger partial charge in [-0.1, -0.05) is 12.1 Å². The molecule has 0 bridgehead atoms. The van der Waals surface area contributed by atoms with Crippen molar-refractivity contribution < 1.29 is 36.9 Å². The van der Waals surface area contributed by atoms with E-state index in [0.717, 1.165) is 55.9 Å². The number of piperazine rings is 1. The van der Waals surface area contributed by atoms with Gasteiger partial charge in [0.1, 0.15) is 23.4 Å². The topological polar surface area (TPSA) is 95.1 Å². The number of alkyl halides is 3. The van der Waals surface area contributed by atoms with E-state index in [1.807, 2.05) is 18.2 Å². The zero-order chi connectivity index (χ0) is 34.8. The van der Waals surface area contributed by atoms with Crippen LogP contribution in [-0.4, -0.2) is 83.8 Å². The Morgan fingerprint density at radius 2 is 1.67 bits per heavy atom. The maximum atomic E-state index is 14.5. The molecule has 2 aromatic rings. The van der Waals surface area contributed by atoms with Gasteiger partial charge in [0.15, 0.2) is 0 Å². The number of hydrogen-bond donors (Lipinski definition) is 4. The van der Waals surface area contributed by atoms with Crippen LogP contribution in [0.1, 0.15) is 62.5 Å². The van der Waals surface area contributed by atoms with Crippen molar-refractivity contribution in [2.75, 3.05) is 64.9 Å². The number of anilines is 1. The fraction of sp³-hybridized carbons (Fsp3) is 0.639. The van der Waals surface area contributed by atoms with Gasteiger partial charge in [0, 0.05) is 64.1 Å². The Bertz CT molecular complexity index is 1190. The van der Waals surface area contributed by atoms with Crippen LogP contribution in [-0.2, 0) is 17.6 Å². The summed E-state index contributed by atoms with van der Waals surface area (Å²) in [6, 6.07) is 10.8. The van der Waals surface area contributed by atoms with E-state index < -0.39 is 12.1 Å². The molecule has 1 saturated carbocycles. The number of benzene rings is 2. The predicted molar refractivity (Wildman–Crippen MR) is 181 cm³/mol. The highest BCUT2D eigenvalue weighted by Crippen LogP contribution is 2.41. The van der Waals surface area contributed by atoms with Crippen LogP contribution in [0.5, 0.6) is 11.5 Å². The second-order valence-electron chi connectivity index (χ2n) is 12.6. The summed E-state index contributed by atoms with van der Waals surface area (Å²) in [5, 5.41) is 16.2. The average molecular weight is 683 g/mol. The van der Waals surface area contributed by atoms with Crippen LogP contribution in [0.2, 0.25) is 0 Å². The number of aryl methyl sites for hydroxylation is 1. The second-order valence-corrected chi connectivity index (χ2v) is 12.6. The van der Waals surface area contributed by atoms with Crippen molar-refractivity contribution in [3.63, 3.8) is 0 Å². The van der Waals surface area contributed by atoms with Crippen molar-refractivity contribution in [1.29, 1.82) is 0 Å². The van der Waals surface area contributed by atoms with E-state index in [9.17, 15) is 22.4 Å². The molecular formula is C36H54F4N4O4. The van der Waals surface area contributed by atoms with Crippen LogP contribution in [0.4, 0.5) is 23.2 Å². The van der Waals surface area contributed by atoms with Crippen LogP contribution in [0.25, 0.3) is 0 Å². The summed E-state index contributed by atoms with van der Waals surface area (Å²) in [4.78, 5) is 13.0. The molecule has 2 aromatic carbocycles. The maximum Gasteiger partial charge on any atom is 0.391 e. The monoisotopic (exact) mass is 682 g/mol. The number of methoxy groups -OCH3 is 1. The van der Waals surface area contributed by atoms with Crippen molar-refractivity contribution in [2.24, 2.45) is 11.8 Å². The van der Waals surface area contributed by atoms with E-state index in [4.69, 9.17) is 14.6 Å². The van der Waals surface area contributed by atoms with E-state index in [0.29, 0.717) is 57.2 Å². The van der Waals surface area contributed by atoms with Crippen molar-refractivity contribution in [3.05, 3.63) is 53.3 Å². The minimum atomic E-state index is -4.11. The average Bonchev–Trinajstić information content (AvgIpc) is 3.69. The number of aliphatic hydroxyl groups excluding tert-OH is 1. The third-order valence-corrected chi connectivity index (χ3v) is 9.21. The normalized spacial score (nSPS) is 20.0. The van der Waals surface area contributed by atoms with Gasteiger partial charge in [0.2, 0.25) is 6.41 Å². The molecule has 1 unspecified atom stereocenters. The largest absolute Gasteiger partial charge is 0.496 e. The SMILES string of the molecule is C1CCNC1.CO.COc1ccc(CCC(CCNC=O)Oc2cc(F)cc(N3CCNCC3)c2)cc1CC1CCC(C(F)(F)F)CC1. The first-order valence-corrected chi connectivity index (χ1v) is 17.2. The number of aliphatic hydroxyl groups is 1. The molecule has 5 rings (SSSR count). The molecule has 1 atom stereocenters. The van der Waals surface area contributed by atoms with Gasteiger partial charge < -0.3 is 35.4 Å². The Labute approximate surface area is 282 Å². The lowest BCUT2D eigenvalue weighted by molar-refractivity contribution is -0.183. The maximum absolute atomic E-state index is 14.5. The standard InChI is InChI=1S/C31H41F4N3O3.C4H9N.CH4O/c1-40-30-9-5-23(17-24(30)16-22-2-6-25(7-3-22)31(33,34)35)4-8-28(10-11-37-21-39)41-29-19-26(32)18-27(20-29)38-14-12-36-13-15-38;1-2-4-5-3-1;1-2/h5,9,17-22,25,28,36H,2-4,6-8,10-16H2,1H3,(H,37,39);5H,1-4H2;2H,1H3. The molecule has 2 aliphatic heterocycles. The molecule has 48 heavy (non-hydrogen) atoms. The molecule has 12 heteroatoms. The molecule has 4 N–H and O–H groups in total. The molecule has 1 aliphatic carbocycles. The number of carbonyl (C=O) groups is 1. The summed E-state index contributed by atoms with van der Waals surface area (Å²) in [7, 11) is 2.61. The number of carbonyl (C=O) groups excluding carboxylic acids is 1. The Morgan fingerprint density at radius 1 is 0.979 bits per heavy atom. The van der Waals surface area contributed by atoms with Crippen LogP contribution < -0.4 is 30.3 Å². The fourth-order valence-corrected chi connectivity index (χ4v) is 6.58. The molecule has 1 amide bonds. The summed E-state index contributed by atoms with van der Waals surface area (Å²) in [6.07, 6.45) is 3.10. The van der Waals surface area contributed by atoms with Crippen molar-refractivity contribution in [3.8, 4) is 11.5 Å². The first-order chi connectivity index (χ1) is 23.2. The van der Waals surface area contributed by atoms with Gasteiger partial charge in [0.25, 0.3) is 0 Å². The lowest BCUT2D eigenvalue weighted by Gasteiger charge is -2.30. The molecule has 2 heterocycles. The van der Waals surface area contributed by atoms with Gasteiger partial charge in [-0.05, 0) is 100 Å². The van der Waals surface area contributed by atoms with E-state index in [1.54, 1.807) is 7.11 Å². The third kappa shape index (κ3) is 13.4. The summed E-state index contributed by atoms with van der Waals surface area (Å²) in [5.74, 6) is -0.149. The second kappa shape index (κ2) is 21.1. The number of halogens is 4. The van der Waals surface area contributed by atoms with Gasteiger partial charge in [-0.3, -0.25) is 4.79 Å². The highest BCUT2D eigenvalue weighted by atomic mass is 19.4. The van der Waals surface area contributed by atoms with Crippen molar-refractivity contribution >= 4 is 12.1 Å². The zero-order valence-corrected chi connectivity index (χ0v) is 28.4. The van der Waals surface area contributed by atoms with E-state index in [2.05, 4.69) is 26.9 Å². The van der Waals surface area contributed by atoms with Crippen molar-refractivity contribution in [2.45, 2.75) is 76.5 Å². The minimum absolute atomic E-state index is 0.181. The summed E-state index contributed by atoms with van der Waals surface area (Å²) >= 11 is 0. The van der Waals surface area contributed by atoms with Crippen LogP contribution in [0.15, 0.2) is 36.4 Å². The number of ether oxygens (including phenoxy) is 2. The molecule has 0 aromatic heterocycles. The van der Waals surface area contributed by atoms with E-state index in [1.165, 1.54) is 38.1 Å². The number of nitrogens with zero attached hydrogens (tertiary/aromatic N) is 1. The lowest BCUT2D eigenvalue weighted by Crippen LogP contribution is -2.43. The van der Waals surface area contributed by atoms with Crippen LogP contribution in [0, 0.1) is 17.7 Å². The van der Waals surface area contributed by atoms with Gasteiger partial charge in [-0.2, -0.15) is 13.2 Å². The Kier molecular flexibility index (Phi) is 17.3. The molecule has 8 nitrogen and oxygen atoms in total. The molecule has 2 saturated heterocycles. The number of rotatable bonds is 13. The van der Waals surface area contributed by atoms with Crippen molar-refractivity contribution in [1.82, 2.24) is 16.0 Å².